The van der Waals surface area contributed by atoms with Crippen LogP contribution in [-0.4, -0.2) is 6.54 Å². The average molecular weight is 263 g/mol. The second-order valence-corrected chi connectivity index (χ2v) is 5.19. The van der Waals surface area contributed by atoms with Gasteiger partial charge in [-0.2, -0.15) is 0 Å². The van der Waals surface area contributed by atoms with Crippen LogP contribution in [0.4, 0.5) is 11.5 Å². The van der Waals surface area contributed by atoms with Crippen LogP contribution >= 0.6 is 11.8 Å². The first-order chi connectivity index (χ1) is 7.93. The molecule has 0 unspecified atom stereocenters. The first kappa shape index (κ1) is 10.9. The van der Waals surface area contributed by atoms with Gasteiger partial charge in [0.25, 0.3) is 5.82 Å². The highest BCUT2D eigenvalue weighted by Crippen LogP contribution is 2.47. The molecule has 86 valence electrons. The first-order valence-electron chi connectivity index (χ1n) is 5.50. The monoisotopic (exact) mass is 262 g/mol. The average Bonchev–Trinajstić information content (AvgIpc) is 2.76. The molecule has 0 atom stereocenters. The number of halogens is 1. The van der Waals surface area contributed by atoms with Crippen molar-refractivity contribution < 1.29 is 17.0 Å². The zero-order valence-corrected chi connectivity index (χ0v) is 10.7. The predicted octanol–water partition coefficient (Wildman–Crippen LogP) is -0.406. The van der Waals surface area contributed by atoms with E-state index < -0.39 is 0 Å². The summed E-state index contributed by atoms with van der Waals surface area (Å²) in [7, 11) is 0. The Bertz CT molecular complexity index is 585. The van der Waals surface area contributed by atoms with Crippen LogP contribution < -0.4 is 21.9 Å². The second-order valence-electron chi connectivity index (χ2n) is 4.11. The number of benzene rings is 1. The number of hydrogen-bond acceptors (Lipinski definition) is 2. The van der Waals surface area contributed by atoms with E-state index in [2.05, 4.69) is 52.1 Å². The van der Waals surface area contributed by atoms with Crippen molar-refractivity contribution in [2.45, 2.75) is 16.3 Å². The van der Waals surface area contributed by atoms with Crippen molar-refractivity contribution in [2.75, 3.05) is 11.4 Å². The summed E-state index contributed by atoms with van der Waals surface area (Å²) >= 11 is 1.88. The van der Waals surface area contributed by atoms with E-state index in [-0.39, 0.29) is 12.4 Å². The Morgan fingerprint density at radius 2 is 1.88 bits per heavy atom. The summed E-state index contributed by atoms with van der Waals surface area (Å²) in [5.74, 6) is 1.37. The minimum atomic E-state index is 0. The molecule has 0 saturated carbocycles. The van der Waals surface area contributed by atoms with Gasteiger partial charge in [0.05, 0.1) is 11.1 Å². The van der Waals surface area contributed by atoms with Crippen LogP contribution in [0.25, 0.3) is 0 Å². The summed E-state index contributed by atoms with van der Waals surface area (Å²) in [6, 6.07) is 13.0. The van der Waals surface area contributed by atoms with Gasteiger partial charge >= 0.3 is 0 Å². The minimum Gasteiger partial charge on any atom is -1.00 e. The molecule has 0 aliphatic carbocycles. The fourth-order valence-corrected chi connectivity index (χ4v) is 3.63. The summed E-state index contributed by atoms with van der Waals surface area (Å²) in [6.45, 7) is 2.19. The molecule has 2 nitrogen and oxygen atoms in total. The van der Waals surface area contributed by atoms with Crippen molar-refractivity contribution >= 4 is 23.3 Å². The number of nitrogens with zero attached hydrogens (tertiary/aromatic N) is 2. The maximum Gasteiger partial charge on any atom is 0.296 e. The molecule has 17 heavy (non-hydrogen) atoms. The molecule has 2 aliphatic rings. The quantitative estimate of drug-likeness (QED) is 0.597. The molecular formula is C13H11ClN2S. The van der Waals surface area contributed by atoms with Gasteiger partial charge in [0.1, 0.15) is 23.7 Å². The Balaban J connectivity index is 0.000000902. The Labute approximate surface area is 111 Å². The van der Waals surface area contributed by atoms with E-state index in [0.717, 1.165) is 13.1 Å². The van der Waals surface area contributed by atoms with Crippen molar-refractivity contribution in [3.05, 3.63) is 42.6 Å². The van der Waals surface area contributed by atoms with Crippen LogP contribution in [0.5, 0.6) is 0 Å². The fourth-order valence-electron chi connectivity index (χ4n) is 2.50. The lowest BCUT2D eigenvalue weighted by Gasteiger charge is -2.20. The minimum absolute atomic E-state index is 0. The fraction of sp³-hybridized carbons (Fsp3) is 0.154. The number of rotatable bonds is 0. The molecule has 0 amide bonds. The Morgan fingerprint density at radius 1 is 1.06 bits per heavy atom. The number of pyridine rings is 1. The predicted molar refractivity (Wildman–Crippen MR) is 64.2 cm³/mol. The standard InChI is InChI=1S/C13H11N2S.ClH/c1-2-5-11-10(4-1)15-9-8-14-7-3-6-12(16-11)13(14)15;/h1-7H,8-9H2;1H/q+1;/p-1. The van der Waals surface area contributed by atoms with Crippen molar-refractivity contribution in [1.82, 2.24) is 0 Å². The topological polar surface area (TPSA) is 7.12 Å². The third-order valence-electron chi connectivity index (χ3n) is 3.20. The van der Waals surface area contributed by atoms with Gasteiger partial charge in [-0.15, -0.1) is 0 Å². The van der Waals surface area contributed by atoms with Crippen molar-refractivity contribution in [1.29, 1.82) is 0 Å². The Kier molecular flexibility index (Phi) is 2.53. The van der Waals surface area contributed by atoms with Crippen LogP contribution in [-0.2, 0) is 6.54 Å². The van der Waals surface area contributed by atoms with Crippen molar-refractivity contribution in [2.24, 2.45) is 0 Å². The second kappa shape index (κ2) is 3.93. The number of para-hydroxylation sites is 1. The van der Waals surface area contributed by atoms with Gasteiger partial charge in [-0.3, -0.25) is 0 Å². The third-order valence-corrected chi connectivity index (χ3v) is 4.31. The number of aromatic nitrogens is 1. The van der Waals surface area contributed by atoms with E-state index in [1.807, 2.05) is 11.8 Å². The normalized spacial score (nSPS) is 14.9. The Morgan fingerprint density at radius 3 is 2.82 bits per heavy atom. The summed E-state index contributed by atoms with van der Waals surface area (Å²) in [4.78, 5) is 5.18. The molecule has 4 heteroatoms. The number of anilines is 2. The number of fused-ring (bicyclic) bond motifs is 2. The van der Waals surface area contributed by atoms with E-state index in [0.29, 0.717) is 0 Å². The molecule has 2 aliphatic heterocycles. The lowest BCUT2D eigenvalue weighted by molar-refractivity contribution is -0.672. The molecule has 1 aromatic heterocycles. The van der Waals surface area contributed by atoms with Crippen LogP contribution in [0, 0.1) is 0 Å². The molecule has 0 fully saturated rings. The highest BCUT2D eigenvalue weighted by atomic mass is 35.5. The lowest BCUT2D eigenvalue weighted by atomic mass is 10.3. The summed E-state index contributed by atoms with van der Waals surface area (Å²) < 4.78 is 2.35. The zero-order chi connectivity index (χ0) is 10.5. The van der Waals surface area contributed by atoms with E-state index in [4.69, 9.17) is 0 Å². The van der Waals surface area contributed by atoms with Crippen LogP contribution in [0.15, 0.2) is 52.4 Å². The molecule has 0 bridgehead atoms. The van der Waals surface area contributed by atoms with Gasteiger partial charge in [0.2, 0.25) is 0 Å². The molecule has 0 N–H and O–H groups in total. The highest BCUT2D eigenvalue weighted by Gasteiger charge is 2.37. The van der Waals surface area contributed by atoms with Gasteiger partial charge in [-0.25, -0.2) is 9.47 Å². The summed E-state index contributed by atoms with van der Waals surface area (Å²) in [5, 5.41) is 0. The molecule has 0 spiro atoms. The van der Waals surface area contributed by atoms with Gasteiger partial charge in [-0.05, 0) is 24.3 Å². The summed E-state index contributed by atoms with van der Waals surface area (Å²) in [6.07, 6.45) is 2.17. The molecule has 1 aromatic carbocycles. The van der Waals surface area contributed by atoms with Crippen LogP contribution in [0.1, 0.15) is 0 Å². The molecule has 4 rings (SSSR count). The van der Waals surface area contributed by atoms with Gasteiger partial charge in [-0.1, -0.05) is 23.9 Å². The first-order valence-corrected chi connectivity index (χ1v) is 6.32. The maximum atomic E-state index is 2.43. The highest BCUT2D eigenvalue weighted by molar-refractivity contribution is 7.99. The van der Waals surface area contributed by atoms with Crippen molar-refractivity contribution in [3.8, 4) is 0 Å². The lowest BCUT2D eigenvalue weighted by Crippen LogP contribution is -3.00. The Hall–Kier alpha value is -1.19. The zero-order valence-electron chi connectivity index (χ0n) is 9.14. The largest absolute Gasteiger partial charge is 1.00 e. The van der Waals surface area contributed by atoms with E-state index >= 15 is 0 Å². The number of hydrogen-bond donors (Lipinski definition) is 0. The van der Waals surface area contributed by atoms with E-state index in [9.17, 15) is 0 Å². The van der Waals surface area contributed by atoms with Gasteiger partial charge < -0.3 is 12.4 Å². The van der Waals surface area contributed by atoms with Crippen LogP contribution in [0.3, 0.4) is 0 Å². The maximum absolute atomic E-state index is 2.43. The molecule has 0 radical (unpaired) electrons. The third kappa shape index (κ3) is 1.46. The van der Waals surface area contributed by atoms with Gasteiger partial charge in [0, 0.05) is 0 Å². The molecule has 0 saturated heterocycles. The van der Waals surface area contributed by atoms with E-state index in [1.165, 1.54) is 21.3 Å². The van der Waals surface area contributed by atoms with E-state index in [1.54, 1.807) is 0 Å². The van der Waals surface area contributed by atoms with Crippen LogP contribution in [0.2, 0.25) is 0 Å². The SMILES string of the molecule is [Cl-].c1ccc2c(c1)Sc1ccc[n+]3c1N2CC3. The molecular weight excluding hydrogens is 252 g/mol. The summed E-state index contributed by atoms with van der Waals surface area (Å²) in [5.41, 5.74) is 1.36. The molecule has 2 aromatic rings. The van der Waals surface area contributed by atoms with Crippen molar-refractivity contribution in [3.63, 3.8) is 0 Å². The van der Waals surface area contributed by atoms with Gasteiger partial charge in [0.15, 0.2) is 0 Å². The smallest absolute Gasteiger partial charge is 0.296 e. The molecule has 3 heterocycles.